The van der Waals surface area contributed by atoms with Gasteiger partial charge in [0.2, 0.25) is 0 Å². The first-order valence-electron chi connectivity index (χ1n) is 11.7. The summed E-state index contributed by atoms with van der Waals surface area (Å²) in [6.45, 7) is 5.23. The van der Waals surface area contributed by atoms with Crippen LogP contribution in [0.4, 0.5) is 14.9 Å². The van der Waals surface area contributed by atoms with Gasteiger partial charge in [0, 0.05) is 31.2 Å². The van der Waals surface area contributed by atoms with Crippen LogP contribution in [0.5, 0.6) is 11.5 Å². The van der Waals surface area contributed by atoms with Crippen molar-refractivity contribution in [1.29, 1.82) is 0 Å². The van der Waals surface area contributed by atoms with Gasteiger partial charge in [0.05, 0.1) is 23.9 Å². The Morgan fingerprint density at radius 1 is 0.944 bits per heavy atom. The third-order valence-corrected chi connectivity index (χ3v) is 5.99. The number of halogens is 1. The number of hydrogen-bond acceptors (Lipinski definition) is 4. The van der Waals surface area contributed by atoms with Gasteiger partial charge in [-0.2, -0.15) is 0 Å². The average Bonchev–Trinajstić information content (AvgIpc) is 3.30. The Morgan fingerprint density at radius 2 is 1.67 bits per heavy atom. The smallest absolute Gasteiger partial charge is 0.415 e. The van der Waals surface area contributed by atoms with Crippen LogP contribution >= 0.6 is 0 Å². The Morgan fingerprint density at radius 3 is 2.36 bits per heavy atom. The molecule has 0 aliphatic rings. The second kappa shape index (κ2) is 10.9. The third kappa shape index (κ3) is 5.17. The Kier molecular flexibility index (Phi) is 7.53. The van der Waals surface area contributed by atoms with E-state index in [1.165, 1.54) is 19.2 Å². The van der Waals surface area contributed by atoms with Gasteiger partial charge in [-0.3, -0.25) is 4.79 Å². The highest BCUT2D eigenvalue weighted by molar-refractivity contribution is 6.12. The number of nitrogens with one attached hydrogen (secondary N) is 1. The summed E-state index contributed by atoms with van der Waals surface area (Å²) in [5, 5.41) is 3.63. The van der Waals surface area contributed by atoms with Gasteiger partial charge >= 0.3 is 6.09 Å². The van der Waals surface area contributed by atoms with Crippen molar-refractivity contribution in [2.45, 2.75) is 20.4 Å². The number of amides is 2. The van der Waals surface area contributed by atoms with Crippen molar-refractivity contribution < 1.29 is 23.5 Å². The second-order valence-corrected chi connectivity index (χ2v) is 8.14. The number of hydrogen-bond donors (Lipinski definition) is 1. The maximum atomic E-state index is 13.3. The van der Waals surface area contributed by atoms with Gasteiger partial charge in [-0.25, -0.2) is 9.18 Å². The number of nitrogens with zero attached hydrogens (tertiary/aromatic N) is 2. The van der Waals surface area contributed by atoms with Crippen molar-refractivity contribution in [2.75, 3.05) is 25.5 Å². The van der Waals surface area contributed by atoms with Crippen LogP contribution < -0.4 is 14.8 Å². The van der Waals surface area contributed by atoms with Crippen molar-refractivity contribution in [2.24, 2.45) is 0 Å². The number of methoxy groups -OCH3 is 1. The molecule has 0 saturated heterocycles. The van der Waals surface area contributed by atoms with E-state index in [0.717, 1.165) is 11.1 Å². The lowest BCUT2D eigenvalue weighted by atomic mass is 10.1. The van der Waals surface area contributed by atoms with Crippen molar-refractivity contribution in [3.8, 4) is 11.5 Å². The number of rotatable bonds is 8. The topological polar surface area (TPSA) is 72.8 Å². The number of ether oxygens (including phenoxy) is 2. The first kappa shape index (κ1) is 24.8. The highest BCUT2D eigenvalue weighted by atomic mass is 19.1. The third-order valence-electron chi connectivity index (χ3n) is 5.99. The van der Waals surface area contributed by atoms with Crippen molar-refractivity contribution in [3.63, 3.8) is 0 Å². The maximum absolute atomic E-state index is 13.3. The van der Waals surface area contributed by atoms with Crippen LogP contribution in [0.1, 0.15) is 29.8 Å². The summed E-state index contributed by atoms with van der Waals surface area (Å²) < 4.78 is 26.4. The number of fused-ring (bicyclic) bond motifs is 1. The highest BCUT2D eigenvalue weighted by Crippen LogP contribution is 2.36. The van der Waals surface area contributed by atoms with E-state index >= 15 is 0 Å². The molecule has 0 unspecified atom stereocenters. The summed E-state index contributed by atoms with van der Waals surface area (Å²) in [7, 11) is 1.50. The van der Waals surface area contributed by atoms with Crippen LogP contribution in [0.3, 0.4) is 0 Å². The van der Waals surface area contributed by atoms with Crippen LogP contribution in [0.25, 0.3) is 10.9 Å². The lowest BCUT2D eigenvalue weighted by Crippen LogP contribution is -2.33. The standard InChI is InChI=1S/C28H28FN3O4/c1-4-31(5-2)28(34)36-25-15-14-23-21(16-17-32(23)18-19-10-12-20(29)13-11-19)26(25)30-27(33)22-8-6-7-9-24(22)35-3/h6-17H,4-5,18H2,1-3H3,(H,30,33). The zero-order valence-electron chi connectivity index (χ0n) is 20.5. The Hall–Kier alpha value is -4.33. The number of para-hydroxylation sites is 1. The van der Waals surface area contributed by atoms with E-state index in [2.05, 4.69) is 5.32 Å². The molecule has 0 radical (unpaired) electrons. The zero-order valence-corrected chi connectivity index (χ0v) is 20.5. The quantitative estimate of drug-likeness (QED) is 0.333. The van der Waals surface area contributed by atoms with Crippen LogP contribution in [-0.2, 0) is 6.54 Å². The molecule has 36 heavy (non-hydrogen) atoms. The van der Waals surface area contributed by atoms with Gasteiger partial charge < -0.3 is 24.3 Å². The molecule has 0 saturated carbocycles. The largest absolute Gasteiger partial charge is 0.496 e. The number of benzene rings is 3. The van der Waals surface area contributed by atoms with Crippen LogP contribution in [0, 0.1) is 5.82 Å². The first-order valence-corrected chi connectivity index (χ1v) is 11.7. The lowest BCUT2D eigenvalue weighted by molar-refractivity contribution is 0.102. The Balaban J connectivity index is 1.75. The normalized spacial score (nSPS) is 10.8. The van der Waals surface area contributed by atoms with E-state index < -0.39 is 12.0 Å². The molecule has 3 aromatic carbocycles. The Bertz CT molecular complexity index is 1380. The average molecular weight is 490 g/mol. The Labute approximate surface area is 209 Å². The molecule has 1 aromatic heterocycles. The molecule has 4 aromatic rings. The van der Waals surface area contributed by atoms with E-state index in [4.69, 9.17) is 9.47 Å². The van der Waals surface area contributed by atoms with Gasteiger partial charge in [0.15, 0.2) is 5.75 Å². The monoisotopic (exact) mass is 489 g/mol. The summed E-state index contributed by atoms with van der Waals surface area (Å²) in [6.07, 6.45) is 1.38. The van der Waals surface area contributed by atoms with Gasteiger partial charge in [0.1, 0.15) is 11.6 Å². The zero-order chi connectivity index (χ0) is 25.7. The minimum atomic E-state index is -0.502. The molecule has 8 heteroatoms. The fourth-order valence-electron chi connectivity index (χ4n) is 4.04. The first-order chi connectivity index (χ1) is 17.4. The molecule has 2 amide bonds. The molecule has 7 nitrogen and oxygen atoms in total. The lowest BCUT2D eigenvalue weighted by Gasteiger charge is -2.20. The van der Waals surface area contributed by atoms with E-state index in [-0.39, 0.29) is 11.6 Å². The molecule has 0 aliphatic heterocycles. The molecule has 0 fully saturated rings. The summed E-state index contributed by atoms with van der Waals surface area (Å²) in [5.74, 6) is -0.0246. The van der Waals surface area contributed by atoms with Crippen molar-refractivity contribution >= 4 is 28.6 Å². The summed E-state index contributed by atoms with van der Waals surface area (Å²) in [6, 6.07) is 18.6. The van der Waals surface area contributed by atoms with Crippen LogP contribution in [0.15, 0.2) is 72.9 Å². The van der Waals surface area contributed by atoms with Crippen LogP contribution in [-0.4, -0.2) is 41.7 Å². The highest BCUT2D eigenvalue weighted by Gasteiger charge is 2.21. The molecule has 0 atom stereocenters. The fourth-order valence-corrected chi connectivity index (χ4v) is 4.04. The fraction of sp³-hybridized carbons (Fsp3) is 0.214. The van der Waals surface area contributed by atoms with E-state index in [9.17, 15) is 14.0 Å². The predicted octanol–water partition coefficient (Wildman–Crippen LogP) is 5.93. The molecule has 0 spiro atoms. The SMILES string of the molecule is CCN(CC)C(=O)Oc1ccc2c(ccn2Cc2ccc(F)cc2)c1NC(=O)c1ccccc1OC. The summed E-state index contributed by atoms with van der Waals surface area (Å²) in [4.78, 5) is 27.5. The number of aromatic nitrogens is 1. The number of carbonyl (C=O) groups excluding carboxylic acids is 2. The van der Waals surface area contributed by atoms with E-state index in [0.29, 0.717) is 42.0 Å². The predicted molar refractivity (Wildman–Crippen MR) is 137 cm³/mol. The van der Waals surface area contributed by atoms with Gasteiger partial charge in [0.25, 0.3) is 5.91 Å². The summed E-state index contributed by atoms with van der Waals surface area (Å²) >= 11 is 0. The number of anilines is 1. The molecule has 186 valence electrons. The molecular formula is C28H28FN3O4. The minimum absolute atomic E-state index is 0.238. The second-order valence-electron chi connectivity index (χ2n) is 8.14. The van der Waals surface area contributed by atoms with E-state index in [1.54, 1.807) is 47.4 Å². The molecule has 4 rings (SSSR count). The van der Waals surface area contributed by atoms with Crippen molar-refractivity contribution in [3.05, 3.63) is 89.9 Å². The maximum Gasteiger partial charge on any atom is 0.415 e. The number of carbonyl (C=O) groups is 2. The molecular weight excluding hydrogens is 461 g/mol. The van der Waals surface area contributed by atoms with Gasteiger partial charge in [-0.1, -0.05) is 24.3 Å². The van der Waals surface area contributed by atoms with Crippen LogP contribution in [0.2, 0.25) is 0 Å². The summed E-state index contributed by atoms with van der Waals surface area (Å²) in [5.41, 5.74) is 2.47. The molecule has 0 bridgehead atoms. The van der Waals surface area contributed by atoms with Crippen molar-refractivity contribution in [1.82, 2.24) is 9.47 Å². The van der Waals surface area contributed by atoms with E-state index in [1.807, 2.05) is 36.7 Å². The molecule has 1 heterocycles. The minimum Gasteiger partial charge on any atom is -0.496 e. The molecule has 0 aliphatic carbocycles. The molecule has 1 N–H and O–H groups in total. The van der Waals surface area contributed by atoms with Gasteiger partial charge in [-0.05, 0) is 61.9 Å². The van der Waals surface area contributed by atoms with Gasteiger partial charge in [-0.15, -0.1) is 0 Å².